The van der Waals surface area contributed by atoms with Crippen LogP contribution in [0.4, 0.5) is 5.69 Å². The first-order valence-corrected chi connectivity index (χ1v) is 9.95. The fourth-order valence-corrected chi connectivity index (χ4v) is 3.75. The zero-order chi connectivity index (χ0) is 20.5. The maximum atomic E-state index is 12.6. The molecular weight excluding hydrogens is 404 g/mol. The first kappa shape index (κ1) is 18.2. The summed E-state index contributed by atoms with van der Waals surface area (Å²) >= 11 is 1.57. The molecule has 0 unspecified atom stereocenters. The molecule has 150 valence electrons. The molecule has 0 atom stereocenters. The van der Waals surface area contributed by atoms with Crippen molar-refractivity contribution in [3.63, 3.8) is 0 Å². The van der Waals surface area contributed by atoms with Gasteiger partial charge in [-0.3, -0.25) is 4.79 Å². The average Bonchev–Trinajstić information content (AvgIpc) is 3.53. The molecule has 0 bridgehead atoms. The summed E-state index contributed by atoms with van der Waals surface area (Å²) in [6.07, 6.45) is 0. The van der Waals surface area contributed by atoms with Gasteiger partial charge in [0.2, 0.25) is 6.79 Å². The third-order valence-corrected chi connectivity index (χ3v) is 5.38. The number of benzene rings is 2. The summed E-state index contributed by atoms with van der Waals surface area (Å²) in [7, 11) is 1.53. The van der Waals surface area contributed by atoms with E-state index < -0.39 is 0 Å². The van der Waals surface area contributed by atoms with Gasteiger partial charge < -0.3 is 19.5 Å². The van der Waals surface area contributed by atoms with Crippen LogP contribution in [0.15, 0.2) is 60.0 Å². The van der Waals surface area contributed by atoms with Crippen molar-refractivity contribution in [2.24, 2.45) is 0 Å². The average molecular weight is 420 g/mol. The van der Waals surface area contributed by atoms with Crippen molar-refractivity contribution in [3.8, 4) is 33.9 Å². The van der Waals surface area contributed by atoms with E-state index in [0.717, 1.165) is 10.6 Å². The highest BCUT2D eigenvalue weighted by atomic mass is 32.1. The van der Waals surface area contributed by atoms with E-state index in [1.165, 1.54) is 7.11 Å². The highest BCUT2D eigenvalue weighted by molar-refractivity contribution is 7.13. The fourth-order valence-electron chi connectivity index (χ4n) is 3.05. The third kappa shape index (κ3) is 3.35. The lowest BCUT2D eigenvalue weighted by atomic mass is 10.2. The fraction of sp³-hybridized carbons (Fsp3) is 0.0952. The molecule has 1 amide bonds. The topological polar surface area (TPSA) is 87.5 Å². The Morgan fingerprint density at radius 2 is 1.97 bits per heavy atom. The zero-order valence-corrected chi connectivity index (χ0v) is 16.7. The summed E-state index contributed by atoms with van der Waals surface area (Å²) in [5.74, 6) is 1.67. The molecule has 0 spiro atoms. The molecule has 3 heterocycles. The Labute approximate surface area is 175 Å². The molecule has 9 heteroatoms. The van der Waals surface area contributed by atoms with Crippen LogP contribution in [-0.4, -0.2) is 34.6 Å². The van der Waals surface area contributed by atoms with Crippen molar-refractivity contribution >= 4 is 22.9 Å². The van der Waals surface area contributed by atoms with Crippen molar-refractivity contribution in [1.29, 1.82) is 0 Å². The van der Waals surface area contributed by atoms with Gasteiger partial charge in [0.15, 0.2) is 17.3 Å². The second-order valence-corrected chi connectivity index (χ2v) is 7.33. The molecule has 0 radical (unpaired) electrons. The molecule has 2 aromatic heterocycles. The summed E-state index contributed by atoms with van der Waals surface area (Å²) in [5.41, 5.74) is 1.95. The number of hydrogen-bond donors (Lipinski definition) is 1. The lowest BCUT2D eigenvalue weighted by Crippen LogP contribution is -2.11. The normalized spacial score (nSPS) is 12.0. The van der Waals surface area contributed by atoms with E-state index in [0.29, 0.717) is 34.6 Å². The molecule has 5 rings (SSSR count). The first-order valence-electron chi connectivity index (χ1n) is 9.07. The number of carbonyl (C=O) groups is 1. The number of carbonyl (C=O) groups excluding carboxylic acids is 1. The molecule has 0 saturated heterocycles. The molecule has 1 aliphatic heterocycles. The molecule has 8 nitrogen and oxygen atoms in total. The van der Waals surface area contributed by atoms with Crippen LogP contribution in [0.3, 0.4) is 0 Å². The highest BCUT2D eigenvalue weighted by Crippen LogP contribution is 2.33. The molecular formula is C21H16N4O4S. The number of rotatable bonds is 5. The number of hydrogen-bond acceptors (Lipinski definition) is 7. The van der Waals surface area contributed by atoms with Crippen molar-refractivity contribution in [3.05, 3.63) is 65.5 Å². The Bertz CT molecular complexity index is 1200. The van der Waals surface area contributed by atoms with Gasteiger partial charge >= 0.3 is 6.01 Å². The quantitative estimate of drug-likeness (QED) is 0.525. The lowest BCUT2D eigenvalue weighted by molar-refractivity contribution is 0.102. The van der Waals surface area contributed by atoms with Crippen molar-refractivity contribution in [2.75, 3.05) is 19.2 Å². The predicted octanol–water partition coefficient (Wildman–Crippen LogP) is 3.99. The van der Waals surface area contributed by atoms with Gasteiger partial charge in [-0.1, -0.05) is 6.07 Å². The van der Waals surface area contributed by atoms with E-state index in [-0.39, 0.29) is 12.7 Å². The maximum absolute atomic E-state index is 12.6. The Hall–Kier alpha value is -3.85. The van der Waals surface area contributed by atoms with Crippen LogP contribution < -0.4 is 19.5 Å². The van der Waals surface area contributed by atoms with E-state index in [4.69, 9.17) is 14.2 Å². The van der Waals surface area contributed by atoms with Crippen LogP contribution in [0.5, 0.6) is 17.5 Å². The number of aromatic nitrogens is 3. The number of nitrogens with zero attached hydrogens (tertiary/aromatic N) is 3. The van der Waals surface area contributed by atoms with Crippen molar-refractivity contribution in [2.45, 2.75) is 0 Å². The van der Waals surface area contributed by atoms with E-state index >= 15 is 0 Å². The minimum atomic E-state index is -0.234. The van der Waals surface area contributed by atoms with Gasteiger partial charge in [0, 0.05) is 11.3 Å². The minimum absolute atomic E-state index is 0.169. The molecule has 1 aliphatic rings. The van der Waals surface area contributed by atoms with Crippen molar-refractivity contribution in [1.82, 2.24) is 14.8 Å². The van der Waals surface area contributed by atoms with Crippen LogP contribution in [0.1, 0.15) is 10.4 Å². The molecule has 0 fully saturated rings. The standard InChI is InChI=1S/C21H16N4O4S/c1-27-21-23-19(18-3-2-10-30-18)25(24-21)15-7-5-14(6-8-15)22-20(26)13-4-9-16-17(11-13)29-12-28-16/h2-11H,12H2,1H3,(H,22,26). The number of methoxy groups -OCH3 is 1. The summed E-state index contributed by atoms with van der Waals surface area (Å²) in [6.45, 7) is 0.169. The van der Waals surface area contributed by atoms with Gasteiger partial charge in [0.25, 0.3) is 5.91 Å². The smallest absolute Gasteiger partial charge is 0.336 e. The van der Waals surface area contributed by atoms with E-state index in [2.05, 4.69) is 15.4 Å². The molecule has 0 aliphatic carbocycles. The Morgan fingerprint density at radius 1 is 1.13 bits per heavy atom. The van der Waals surface area contributed by atoms with Gasteiger partial charge in [-0.25, -0.2) is 4.68 Å². The molecule has 30 heavy (non-hydrogen) atoms. The van der Waals surface area contributed by atoms with Crippen LogP contribution in [0, 0.1) is 0 Å². The van der Waals surface area contributed by atoms with Gasteiger partial charge in [0.1, 0.15) is 0 Å². The largest absolute Gasteiger partial charge is 0.466 e. The second-order valence-electron chi connectivity index (χ2n) is 6.38. The maximum Gasteiger partial charge on any atom is 0.336 e. The predicted molar refractivity (Wildman–Crippen MR) is 112 cm³/mol. The summed E-state index contributed by atoms with van der Waals surface area (Å²) in [6, 6.07) is 16.7. The van der Waals surface area contributed by atoms with Crippen LogP contribution in [0.25, 0.3) is 16.4 Å². The molecule has 4 aromatic rings. The number of amides is 1. The lowest BCUT2D eigenvalue weighted by Gasteiger charge is -2.08. The monoisotopic (exact) mass is 420 g/mol. The highest BCUT2D eigenvalue weighted by Gasteiger charge is 2.17. The molecule has 1 N–H and O–H groups in total. The van der Waals surface area contributed by atoms with Crippen LogP contribution >= 0.6 is 11.3 Å². The van der Waals surface area contributed by atoms with Gasteiger partial charge in [-0.05, 0) is 53.9 Å². The van der Waals surface area contributed by atoms with Gasteiger partial charge in [0.05, 0.1) is 17.7 Å². The first-order chi connectivity index (χ1) is 14.7. The van der Waals surface area contributed by atoms with Gasteiger partial charge in [-0.2, -0.15) is 4.98 Å². The van der Waals surface area contributed by atoms with Gasteiger partial charge in [-0.15, -0.1) is 16.4 Å². The number of fused-ring (bicyclic) bond motifs is 1. The number of anilines is 1. The van der Waals surface area contributed by atoms with E-state index in [9.17, 15) is 4.79 Å². The second kappa shape index (κ2) is 7.53. The SMILES string of the molecule is COc1nc(-c2cccs2)n(-c2ccc(NC(=O)c3ccc4c(c3)OCO4)cc2)n1. The Balaban J connectivity index is 1.37. The minimum Gasteiger partial charge on any atom is -0.466 e. The number of thiophene rings is 1. The Kier molecular flexibility index (Phi) is 4.56. The summed E-state index contributed by atoms with van der Waals surface area (Å²) < 4.78 is 17.5. The van der Waals surface area contributed by atoms with Crippen molar-refractivity contribution < 1.29 is 19.0 Å². The summed E-state index contributed by atoms with van der Waals surface area (Å²) in [5, 5.41) is 9.27. The zero-order valence-electron chi connectivity index (χ0n) is 15.9. The van der Waals surface area contributed by atoms with E-state index in [1.54, 1.807) is 34.2 Å². The molecule has 2 aromatic carbocycles. The van der Waals surface area contributed by atoms with E-state index in [1.807, 2.05) is 41.8 Å². The number of ether oxygens (including phenoxy) is 3. The van der Waals surface area contributed by atoms with Crippen LogP contribution in [-0.2, 0) is 0 Å². The molecule has 0 saturated carbocycles. The number of nitrogens with one attached hydrogen (secondary N) is 1. The van der Waals surface area contributed by atoms with Crippen LogP contribution in [0.2, 0.25) is 0 Å². The summed E-state index contributed by atoms with van der Waals surface area (Å²) in [4.78, 5) is 18.0. The third-order valence-electron chi connectivity index (χ3n) is 4.52. The Morgan fingerprint density at radius 3 is 2.73 bits per heavy atom.